The summed E-state index contributed by atoms with van der Waals surface area (Å²) < 4.78 is 32.7. The van der Waals surface area contributed by atoms with E-state index in [4.69, 9.17) is 4.74 Å². The molecule has 7 heteroatoms. The largest absolute Gasteiger partial charge is 0.494 e. The molecular formula is C20H21N3O3S. The van der Waals surface area contributed by atoms with Crippen LogP contribution in [0.15, 0.2) is 73.2 Å². The van der Waals surface area contributed by atoms with E-state index in [1.807, 2.05) is 48.5 Å². The maximum absolute atomic E-state index is 12.3. The van der Waals surface area contributed by atoms with Crippen LogP contribution in [-0.4, -0.2) is 30.7 Å². The first-order valence-corrected chi connectivity index (χ1v) is 10.3. The summed E-state index contributed by atoms with van der Waals surface area (Å²) in [5.41, 5.74) is 2.46. The third-order valence-corrected chi connectivity index (χ3v) is 5.31. The number of hydrogen-bond acceptors (Lipinski definition) is 5. The molecule has 0 saturated heterocycles. The van der Waals surface area contributed by atoms with Crippen molar-refractivity contribution >= 4 is 10.0 Å². The number of benzene rings is 1. The van der Waals surface area contributed by atoms with Gasteiger partial charge in [0.15, 0.2) is 0 Å². The van der Waals surface area contributed by atoms with Gasteiger partial charge >= 0.3 is 0 Å². The zero-order valence-electron chi connectivity index (χ0n) is 14.8. The fraction of sp³-hybridized carbons (Fsp3) is 0.200. The Kier molecular flexibility index (Phi) is 6.51. The molecule has 27 heavy (non-hydrogen) atoms. The molecule has 6 nitrogen and oxygen atoms in total. The van der Waals surface area contributed by atoms with Gasteiger partial charge in [0.1, 0.15) is 5.75 Å². The van der Waals surface area contributed by atoms with Crippen LogP contribution in [0.25, 0.3) is 11.3 Å². The quantitative estimate of drug-likeness (QED) is 0.575. The van der Waals surface area contributed by atoms with Crippen molar-refractivity contribution in [3.05, 3.63) is 78.8 Å². The monoisotopic (exact) mass is 383 g/mol. The van der Waals surface area contributed by atoms with E-state index in [9.17, 15) is 8.42 Å². The summed E-state index contributed by atoms with van der Waals surface area (Å²) in [7, 11) is -3.40. The molecule has 3 rings (SSSR count). The molecule has 0 saturated carbocycles. The molecule has 0 spiro atoms. The average molecular weight is 383 g/mol. The minimum atomic E-state index is -3.40. The number of aromatic nitrogens is 2. The van der Waals surface area contributed by atoms with E-state index < -0.39 is 10.0 Å². The summed E-state index contributed by atoms with van der Waals surface area (Å²) in [6.45, 7) is 0.535. The molecule has 0 radical (unpaired) electrons. The highest BCUT2D eigenvalue weighted by molar-refractivity contribution is 7.89. The maximum atomic E-state index is 12.3. The summed E-state index contributed by atoms with van der Waals surface area (Å²) >= 11 is 0. The molecule has 2 heterocycles. The zero-order valence-corrected chi connectivity index (χ0v) is 15.6. The van der Waals surface area contributed by atoms with Gasteiger partial charge in [0.25, 0.3) is 0 Å². The predicted molar refractivity (Wildman–Crippen MR) is 105 cm³/mol. The number of nitrogens with one attached hydrogen (secondary N) is 1. The van der Waals surface area contributed by atoms with Crippen LogP contribution < -0.4 is 9.46 Å². The van der Waals surface area contributed by atoms with E-state index in [-0.39, 0.29) is 12.3 Å². The Bertz CT molecular complexity index is 948. The summed E-state index contributed by atoms with van der Waals surface area (Å²) in [4.78, 5) is 8.37. The molecule has 0 bridgehead atoms. The van der Waals surface area contributed by atoms with Gasteiger partial charge in [0.2, 0.25) is 10.0 Å². The van der Waals surface area contributed by atoms with E-state index in [1.54, 1.807) is 24.7 Å². The molecule has 0 aliphatic heterocycles. The van der Waals surface area contributed by atoms with Crippen LogP contribution >= 0.6 is 0 Å². The number of para-hydroxylation sites is 1. The van der Waals surface area contributed by atoms with E-state index in [0.717, 1.165) is 22.6 Å². The van der Waals surface area contributed by atoms with Gasteiger partial charge in [-0.2, -0.15) is 0 Å². The first-order chi connectivity index (χ1) is 13.1. The third kappa shape index (κ3) is 5.87. The van der Waals surface area contributed by atoms with Crippen molar-refractivity contribution in [3.63, 3.8) is 0 Å². The lowest BCUT2D eigenvalue weighted by atomic mass is 10.1. The molecule has 1 aromatic carbocycles. The maximum Gasteiger partial charge on any atom is 0.212 e. The van der Waals surface area contributed by atoms with Gasteiger partial charge in [0.05, 0.1) is 18.1 Å². The van der Waals surface area contributed by atoms with Crippen molar-refractivity contribution in [2.24, 2.45) is 0 Å². The highest BCUT2D eigenvalue weighted by Gasteiger charge is 2.12. The Hall–Kier alpha value is -2.77. The molecular weight excluding hydrogens is 362 g/mol. The molecule has 0 fully saturated rings. The molecule has 140 valence electrons. The average Bonchev–Trinajstić information content (AvgIpc) is 2.71. The van der Waals surface area contributed by atoms with Crippen LogP contribution in [0.1, 0.15) is 12.0 Å². The molecule has 3 aromatic rings. The lowest BCUT2D eigenvalue weighted by Gasteiger charge is -2.11. The minimum Gasteiger partial charge on any atom is -0.494 e. The lowest BCUT2D eigenvalue weighted by Crippen LogP contribution is -2.27. The Morgan fingerprint density at radius 3 is 2.48 bits per heavy atom. The fourth-order valence-electron chi connectivity index (χ4n) is 2.57. The lowest BCUT2D eigenvalue weighted by molar-refractivity contribution is 0.317. The van der Waals surface area contributed by atoms with Gasteiger partial charge < -0.3 is 4.74 Å². The summed E-state index contributed by atoms with van der Waals surface area (Å²) in [6.07, 6.45) is 5.47. The van der Waals surface area contributed by atoms with Gasteiger partial charge in [0, 0.05) is 30.7 Å². The Balaban J connectivity index is 1.53. The van der Waals surface area contributed by atoms with E-state index in [1.165, 1.54) is 0 Å². The van der Waals surface area contributed by atoms with Gasteiger partial charge in [-0.05, 0) is 42.3 Å². The molecule has 0 amide bonds. The first kappa shape index (κ1) is 19.0. The molecule has 0 atom stereocenters. The number of rotatable bonds is 9. The molecule has 1 N–H and O–H groups in total. The van der Waals surface area contributed by atoms with Crippen molar-refractivity contribution in [1.29, 1.82) is 0 Å². The van der Waals surface area contributed by atoms with E-state index >= 15 is 0 Å². The van der Waals surface area contributed by atoms with Crippen LogP contribution in [0.4, 0.5) is 0 Å². The fourth-order valence-corrected chi connectivity index (χ4v) is 3.58. The van der Waals surface area contributed by atoms with Crippen molar-refractivity contribution in [2.75, 3.05) is 12.4 Å². The smallest absolute Gasteiger partial charge is 0.212 e. The summed E-state index contributed by atoms with van der Waals surface area (Å²) in [5, 5.41) is 0. The predicted octanol–water partition coefficient (Wildman–Crippen LogP) is 3.03. The van der Waals surface area contributed by atoms with Crippen LogP contribution in [0, 0.1) is 0 Å². The van der Waals surface area contributed by atoms with Crippen LogP contribution in [0.3, 0.4) is 0 Å². The summed E-state index contributed by atoms with van der Waals surface area (Å²) in [5.74, 6) is 0.741. The minimum absolute atomic E-state index is 0.00465. The molecule has 0 unspecified atom stereocenters. The Morgan fingerprint density at radius 1 is 0.926 bits per heavy atom. The van der Waals surface area contributed by atoms with Gasteiger partial charge in [-0.1, -0.05) is 24.3 Å². The van der Waals surface area contributed by atoms with Crippen LogP contribution in [0.5, 0.6) is 5.75 Å². The van der Waals surface area contributed by atoms with Crippen molar-refractivity contribution in [2.45, 2.75) is 13.0 Å². The van der Waals surface area contributed by atoms with Crippen LogP contribution in [0.2, 0.25) is 0 Å². The molecule has 2 aromatic heterocycles. The van der Waals surface area contributed by atoms with Crippen molar-refractivity contribution in [3.8, 4) is 17.0 Å². The van der Waals surface area contributed by atoms with Gasteiger partial charge in [-0.3, -0.25) is 9.97 Å². The second-order valence-corrected chi connectivity index (χ2v) is 7.83. The number of sulfonamides is 1. The first-order valence-electron chi connectivity index (χ1n) is 8.63. The van der Waals surface area contributed by atoms with Crippen LogP contribution in [-0.2, 0) is 16.6 Å². The number of hydrogen-bond donors (Lipinski definition) is 1. The Labute approximate surface area is 159 Å². The second kappa shape index (κ2) is 9.25. The standard InChI is InChI=1S/C20H21N3O3S/c24-27(25,15-5-14-26-19-7-2-1-3-8-19)23-16-18-6-4-11-22-20(18)17-9-12-21-13-10-17/h1-4,6-13,23H,5,14-16H2. The highest BCUT2D eigenvalue weighted by Crippen LogP contribution is 2.20. The third-order valence-electron chi connectivity index (χ3n) is 3.90. The highest BCUT2D eigenvalue weighted by atomic mass is 32.2. The topological polar surface area (TPSA) is 81.2 Å². The van der Waals surface area contributed by atoms with E-state index in [2.05, 4.69) is 14.7 Å². The SMILES string of the molecule is O=S(=O)(CCCOc1ccccc1)NCc1cccnc1-c1ccncc1. The van der Waals surface area contributed by atoms with Gasteiger partial charge in [-0.25, -0.2) is 13.1 Å². The number of ether oxygens (including phenoxy) is 1. The van der Waals surface area contributed by atoms with Crippen molar-refractivity contribution in [1.82, 2.24) is 14.7 Å². The van der Waals surface area contributed by atoms with E-state index in [0.29, 0.717) is 13.0 Å². The Morgan fingerprint density at radius 2 is 1.70 bits per heavy atom. The van der Waals surface area contributed by atoms with Gasteiger partial charge in [-0.15, -0.1) is 0 Å². The normalized spacial score (nSPS) is 11.3. The molecule has 0 aliphatic rings. The number of pyridine rings is 2. The summed E-state index contributed by atoms with van der Waals surface area (Å²) in [6, 6.07) is 16.7. The zero-order chi connectivity index (χ0) is 19.0. The second-order valence-electron chi connectivity index (χ2n) is 5.90. The van der Waals surface area contributed by atoms with Crippen molar-refractivity contribution < 1.29 is 13.2 Å². The number of nitrogens with zero attached hydrogens (tertiary/aromatic N) is 2. The molecule has 0 aliphatic carbocycles.